The van der Waals surface area contributed by atoms with Gasteiger partial charge in [0.15, 0.2) is 11.5 Å². The molecule has 0 amide bonds. The zero-order valence-electron chi connectivity index (χ0n) is 16.6. The van der Waals surface area contributed by atoms with Gasteiger partial charge in [0.2, 0.25) is 5.82 Å². The lowest BCUT2D eigenvalue weighted by Crippen LogP contribution is -2.33. The highest BCUT2D eigenvalue weighted by atomic mass is 79.9. The van der Waals surface area contributed by atoms with Crippen LogP contribution < -0.4 is 14.4 Å². The van der Waals surface area contributed by atoms with E-state index in [1.165, 1.54) is 19.1 Å². The number of carbonyl (C=O) groups excluding carboxylic acids is 1. The minimum absolute atomic E-state index is 0.0815. The summed E-state index contributed by atoms with van der Waals surface area (Å²) in [4.78, 5) is 32.3. The first-order valence-corrected chi connectivity index (χ1v) is 9.25. The Labute approximate surface area is 176 Å². The van der Waals surface area contributed by atoms with Crippen LogP contribution in [-0.4, -0.2) is 47.2 Å². The Hall–Kier alpha value is -2.95. The van der Waals surface area contributed by atoms with Crippen molar-refractivity contribution < 1.29 is 23.9 Å². The number of carbonyl (C=O) groups is 1. The van der Waals surface area contributed by atoms with Crippen LogP contribution in [0.3, 0.4) is 0 Å². The molecule has 0 aliphatic rings. The number of nitrogens with zero attached hydrogens (tertiary/aromatic N) is 4. The van der Waals surface area contributed by atoms with Gasteiger partial charge in [0.25, 0.3) is 0 Å². The normalized spacial score (nSPS) is 11.0. The quantitative estimate of drug-likeness (QED) is 0.340. The summed E-state index contributed by atoms with van der Waals surface area (Å²) in [6.07, 6.45) is 1.12. The second-order valence-electron chi connectivity index (χ2n) is 6.95. The number of methoxy groups -OCH3 is 1. The molecule has 0 aliphatic heterocycles. The van der Waals surface area contributed by atoms with Gasteiger partial charge >= 0.3 is 17.5 Å². The Bertz CT molecular complexity index is 916. The van der Waals surface area contributed by atoms with Crippen LogP contribution in [0.2, 0.25) is 0 Å². The summed E-state index contributed by atoms with van der Waals surface area (Å²) < 4.78 is 16.9. The smallest absolute Gasteiger partial charge is 0.373 e. The Kier molecular flexibility index (Phi) is 6.96. The van der Waals surface area contributed by atoms with E-state index in [0.29, 0.717) is 5.75 Å². The maximum absolute atomic E-state index is 12.1. The van der Waals surface area contributed by atoms with Gasteiger partial charge in [-0.1, -0.05) is 15.9 Å². The molecule has 0 saturated carbocycles. The summed E-state index contributed by atoms with van der Waals surface area (Å²) in [5.41, 5.74) is -1.16. The van der Waals surface area contributed by atoms with Crippen LogP contribution in [0.4, 0.5) is 11.5 Å². The van der Waals surface area contributed by atoms with E-state index in [1.807, 2.05) is 0 Å². The molecule has 1 aromatic heterocycles. The number of rotatable bonds is 7. The van der Waals surface area contributed by atoms with Crippen LogP contribution in [0.15, 0.2) is 29.0 Å². The molecule has 0 bridgehead atoms. The third-order valence-corrected chi connectivity index (χ3v) is 3.93. The highest BCUT2D eigenvalue weighted by molar-refractivity contribution is 9.10. The van der Waals surface area contributed by atoms with Crippen LogP contribution in [0, 0.1) is 10.1 Å². The third-order valence-electron chi connectivity index (χ3n) is 3.43. The molecular formula is C18H21BrN4O6. The summed E-state index contributed by atoms with van der Waals surface area (Å²) in [5, 5.41) is 11.7. The number of benzene rings is 1. The number of esters is 1. The van der Waals surface area contributed by atoms with Gasteiger partial charge in [0.1, 0.15) is 18.5 Å². The zero-order valence-corrected chi connectivity index (χ0v) is 18.2. The fourth-order valence-corrected chi connectivity index (χ4v) is 2.68. The van der Waals surface area contributed by atoms with Gasteiger partial charge in [0.05, 0.1) is 12.0 Å². The molecule has 1 aromatic carbocycles. The van der Waals surface area contributed by atoms with E-state index in [9.17, 15) is 14.9 Å². The maximum atomic E-state index is 12.1. The minimum atomic E-state index is -0.679. The van der Waals surface area contributed by atoms with E-state index in [4.69, 9.17) is 14.2 Å². The second kappa shape index (κ2) is 9.03. The van der Waals surface area contributed by atoms with Gasteiger partial charge in [-0.2, -0.15) is 4.98 Å². The van der Waals surface area contributed by atoms with E-state index >= 15 is 0 Å². The number of ether oxygens (including phenoxy) is 3. The van der Waals surface area contributed by atoms with Gasteiger partial charge in [-0.05, 0) is 39.0 Å². The first-order chi connectivity index (χ1) is 13.5. The molecular weight excluding hydrogens is 448 g/mol. The van der Waals surface area contributed by atoms with Crippen molar-refractivity contribution in [3.63, 3.8) is 0 Å². The molecule has 0 radical (unpaired) electrons. The number of hydrogen-bond donors (Lipinski definition) is 0. The summed E-state index contributed by atoms with van der Waals surface area (Å²) >= 11 is 3.31. The van der Waals surface area contributed by atoms with Crippen LogP contribution in [0.5, 0.6) is 17.4 Å². The summed E-state index contributed by atoms with van der Waals surface area (Å²) in [7, 11) is 2.94. The van der Waals surface area contributed by atoms with Crippen molar-refractivity contribution >= 4 is 33.4 Å². The van der Waals surface area contributed by atoms with Crippen molar-refractivity contribution in [3.05, 3.63) is 39.1 Å². The lowest BCUT2D eigenvalue weighted by Gasteiger charge is -2.23. The lowest BCUT2D eigenvalue weighted by molar-refractivity contribution is -0.385. The molecule has 11 heteroatoms. The van der Waals surface area contributed by atoms with Gasteiger partial charge in [-0.3, -0.25) is 14.9 Å². The van der Waals surface area contributed by atoms with Crippen molar-refractivity contribution in [2.24, 2.45) is 0 Å². The number of hydrogen-bond acceptors (Lipinski definition) is 9. The van der Waals surface area contributed by atoms with Gasteiger partial charge < -0.3 is 19.1 Å². The monoisotopic (exact) mass is 468 g/mol. The van der Waals surface area contributed by atoms with Crippen molar-refractivity contribution in [2.75, 3.05) is 25.6 Å². The van der Waals surface area contributed by atoms with Crippen LogP contribution in [0.25, 0.3) is 0 Å². The van der Waals surface area contributed by atoms with E-state index in [1.54, 1.807) is 39.0 Å². The average molecular weight is 469 g/mol. The standard InChI is InChI=1S/C18H21BrN4O6/c1-18(2,3)29-14(24)9-22(4)16-15(23(25)26)17(21-10-20-16)28-12-7-6-11(19)8-13(12)27-5/h6-8,10H,9H2,1-5H3. The fraction of sp³-hybridized carbons (Fsp3) is 0.389. The molecule has 0 spiro atoms. The largest absolute Gasteiger partial charge is 0.493 e. The number of aromatic nitrogens is 2. The maximum Gasteiger partial charge on any atom is 0.373 e. The number of anilines is 1. The SMILES string of the molecule is COc1cc(Br)ccc1Oc1ncnc(N(C)CC(=O)OC(C)(C)C)c1[N+](=O)[O-]. The molecule has 0 fully saturated rings. The molecule has 1 heterocycles. The van der Waals surface area contributed by atoms with Crippen LogP contribution in [0.1, 0.15) is 20.8 Å². The van der Waals surface area contributed by atoms with Gasteiger partial charge in [-0.15, -0.1) is 0 Å². The Balaban J connectivity index is 2.37. The highest BCUT2D eigenvalue weighted by Crippen LogP contribution is 2.39. The predicted octanol–water partition coefficient (Wildman–Crippen LogP) is 3.73. The lowest BCUT2D eigenvalue weighted by atomic mass is 10.2. The van der Waals surface area contributed by atoms with E-state index in [-0.39, 0.29) is 24.0 Å². The molecule has 10 nitrogen and oxygen atoms in total. The Morgan fingerprint density at radius 2 is 1.97 bits per heavy atom. The van der Waals surface area contributed by atoms with Crippen molar-refractivity contribution in [3.8, 4) is 17.4 Å². The van der Waals surface area contributed by atoms with E-state index in [0.717, 1.165) is 10.8 Å². The molecule has 2 rings (SSSR count). The molecule has 2 aromatic rings. The minimum Gasteiger partial charge on any atom is -0.493 e. The van der Waals surface area contributed by atoms with E-state index in [2.05, 4.69) is 25.9 Å². The first-order valence-electron chi connectivity index (χ1n) is 8.45. The first kappa shape index (κ1) is 22.3. The van der Waals surface area contributed by atoms with E-state index < -0.39 is 22.2 Å². The average Bonchev–Trinajstić information content (AvgIpc) is 2.61. The zero-order chi connectivity index (χ0) is 21.8. The van der Waals surface area contributed by atoms with Gasteiger partial charge in [0, 0.05) is 11.5 Å². The second-order valence-corrected chi connectivity index (χ2v) is 7.86. The topological polar surface area (TPSA) is 117 Å². The van der Waals surface area contributed by atoms with Crippen LogP contribution >= 0.6 is 15.9 Å². The Morgan fingerprint density at radius 3 is 2.55 bits per heavy atom. The summed E-state index contributed by atoms with van der Waals surface area (Å²) in [5.74, 6) is -0.322. The molecule has 29 heavy (non-hydrogen) atoms. The summed E-state index contributed by atoms with van der Waals surface area (Å²) in [6.45, 7) is 4.96. The molecule has 156 valence electrons. The van der Waals surface area contributed by atoms with Gasteiger partial charge in [-0.25, -0.2) is 4.98 Å². The summed E-state index contributed by atoms with van der Waals surface area (Å²) in [6, 6.07) is 4.93. The van der Waals surface area contributed by atoms with Crippen molar-refractivity contribution in [1.29, 1.82) is 0 Å². The van der Waals surface area contributed by atoms with Crippen LogP contribution in [-0.2, 0) is 9.53 Å². The Morgan fingerprint density at radius 1 is 1.28 bits per heavy atom. The molecule has 0 aliphatic carbocycles. The number of nitro groups is 1. The molecule has 0 unspecified atom stereocenters. The highest BCUT2D eigenvalue weighted by Gasteiger charge is 2.29. The third kappa shape index (κ3) is 6.01. The number of likely N-dealkylation sites (N-methyl/N-ethyl adjacent to an activating group) is 1. The predicted molar refractivity (Wildman–Crippen MR) is 109 cm³/mol. The fourth-order valence-electron chi connectivity index (χ4n) is 2.34. The number of halogens is 1. The molecule has 0 saturated heterocycles. The molecule has 0 N–H and O–H groups in total. The van der Waals surface area contributed by atoms with Crippen molar-refractivity contribution in [2.45, 2.75) is 26.4 Å². The van der Waals surface area contributed by atoms with Crippen molar-refractivity contribution in [1.82, 2.24) is 9.97 Å². The molecule has 0 atom stereocenters.